The van der Waals surface area contributed by atoms with Crippen molar-refractivity contribution >= 4 is 24.7 Å². The van der Waals surface area contributed by atoms with Gasteiger partial charge in [0.2, 0.25) is 0 Å². The first-order valence-corrected chi connectivity index (χ1v) is 9.72. The van der Waals surface area contributed by atoms with Gasteiger partial charge in [0.15, 0.2) is 0 Å². The van der Waals surface area contributed by atoms with Crippen LogP contribution >= 0.6 is 0 Å². The van der Waals surface area contributed by atoms with Crippen molar-refractivity contribution in [2.24, 2.45) is 0 Å². The van der Waals surface area contributed by atoms with Crippen LogP contribution in [0.15, 0.2) is 60.7 Å². The summed E-state index contributed by atoms with van der Waals surface area (Å²) in [5.41, 5.74) is 0. The first-order chi connectivity index (χ1) is 10.8. The van der Waals surface area contributed by atoms with E-state index in [1.165, 1.54) is 6.92 Å². The van der Waals surface area contributed by atoms with Gasteiger partial charge in [-0.05, 0) is 22.3 Å². The van der Waals surface area contributed by atoms with Crippen LogP contribution in [0.4, 0.5) is 0 Å². The molecule has 0 saturated carbocycles. The molecule has 4 heteroatoms. The molecule has 1 unspecified atom stereocenters. The predicted molar refractivity (Wildman–Crippen MR) is 95.4 cm³/mol. The van der Waals surface area contributed by atoms with Gasteiger partial charge in [-0.1, -0.05) is 81.4 Å². The molecule has 0 saturated heterocycles. The maximum atomic E-state index is 12.3. The molecule has 2 aromatic carbocycles. The van der Waals surface area contributed by atoms with Gasteiger partial charge in [0.1, 0.15) is 6.10 Å². The Kier molecular flexibility index (Phi) is 5.07. The third kappa shape index (κ3) is 3.38. The smallest absolute Gasteiger partial charge is 0.323 e. The highest BCUT2D eigenvalue weighted by Gasteiger charge is 2.53. The minimum absolute atomic E-state index is 0.278. The van der Waals surface area contributed by atoms with E-state index < -0.39 is 20.4 Å². The van der Waals surface area contributed by atoms with E-state index in [1.807, 2.05) is 60.7 Å². The second-order valence-electron chi connectivity index (χ2n) is 6.76. The topological polar surface area (TPSA) is 46.5 Å². The maximum absolute atomic E-state index is 12.3. The standard InChI is InChI=1S/C19H24O3Si/c1-15(20)18(21)22-23(19(2,3)4,16-11-7-5-8-12-16)17-13-9-6-10-14-17/h5-15,20H,1-4H3. The van der Waals surface area contributed by atoms with Gasteiger partial charge in [-0.25, -0.2) is 0 Å². The van der Waals surface area contributed by atoms with Gasteiger partial charge < -0.3 is 9.53 Å². The maximum Gasteiger partial charge on any atom is 0.323 e. The van der Waals surface area contributed by atoms with Crippen molar-refractivity contribution in [3.05, 3.63) is 60.7 Å². The zero-order valence-corrected chi connectivity index (χ0v) is 15.1. The number of hydrogen-bond acceptors (Lipinski definition) is 3. The molecule has 0 aliphatic heterocycles. The molecule has 3 nitrogen and oxygen atoms in total. The van der Waals surface area contributed by atoms with Gasteiger partial charge in [0, 0.05) is 0 Å². The molecular weight excluding hydrogens is 304 g/mol. The lowest BCUT2D eigenvalue weighted by Crippen LogP contribution is -2.67. The third-order valence-electron chi connectivity index (χ3n) is 4.01. The van der Waals surface area contributed by atoms with E-state index in [-0.39, 0.29) is 5.04 Å². The van der Waals surface area contributed by atoms with Gasteiger partial charge in [-0.3, -0.25) is 4.79 Å². The van der Waals surface area contributed by atoms with Crippen molar-refractivity contribution in [3.8, 4) is 0 Å². The SMILES string of the molecule is CC(O)C(=O)O[Si](c1ccccc1)(c1ccccc1)C(C)(C)C. The van der Waals surface area contributed by atoms with Crippen molar-refractivity contribution in [1.82, 2.24) is 0 Å². The van der Waals surface area contributed by atoms with E-state index in [4.69, 9.17) is 4.43 Å². The van der Waals surface area contributed by atoms with Gasteiger partial charge in [0.25, 0.3) is 0 Å². The molecule has 0 bridgehead atoms. The number of aliphatic hydroxyl groups excluding tert-OH is 1. The molecule has 0 aliphatic carbocycles. The zero-order valence-electron chi connectivity index (χ0n) is 14.1. The van der Waals surface area contributed by atoms with E-state index in [2.05, 4.69) is 20.8 Å². The molecular formula is C19H24O3Si. The molecule has 0 aromatic heterocycles. The molecule has 0 amide bonds. The first kappa shape index (κ1) is 17.4. The second-order valence-corrected chi connectivity index (χ2v) is 11.0. The number of hydrogen-bond donors (Lipinski definition) is 1. The highest BCUT2D eigenvalue weighted by molar-refractivity contribution is 7.00. The van der Waals surface area contributed by atoms with Crippen LogP contribution in [0, 0.1) is 0 Å². The van der Waals surface area contributed by atoms with Crippen LogP contribution in [0.2, 0.25) is 5.04 Å². The molecule has 2 rings (SSSR count). The van der Waals surface area contributed by atoms with Crippen LogP contribution in [0.25, 0.3) is 0 Å². The third-order valence-corrected chi connectivity index (χ3v) is 8.92. The van der Waals surface area contributed by atoms with Gasteiger partial charge in [-0.15, -0.1) is 0 Å². The quantitative estimate of drug-likeness (QED) is 0.877. The van der Waals surface area contributed by atoms with Gasteiger partial charge >= 0.3 is 14.3 Å². The number of aliphatic hydroxyl groups is 1. The van der Waals surface area contributed by atoms with Crippen LogP contribution in [0.1, 0.15) is 27.7 Å². The molecule has 122 valence electrons. The molecule has 0 aliphatic rings. The Hall–Kier alpha value is -1.91. The lowest BCUT2D eigenvalue weighted by atomic mass is 10.2. The Morgan fingerprint density at radius 2 is 1.35 bits per heavy atom. The van der Waals surface area contributed by atoms with Crippen LogP contribution in [0.3, 0.4) is 0 Å². The fourth-order valence-corrected chi connectivity index (χ4v) is 7.29. The Bertz CT molecular complexity index is 606. The summed E-state index contributed by atoms with van der Waals surface area (Å²) in [7, 11) is -2.88. The van der Waals surface area contributed by atoms with Crippen LogP contribution in [-0.2, 0) is 9.22 Å². The number of carbonyl (C=O) groups is 1. The lowest BCUT2D eigenvalue weighted by molar-refractivity contribution is -0.143. The molecule has 1 N–H and O–H groups in total. The summed E-state index contributed by atoms with van der Waals surface area (Å²) < 4.78 is 6.09. The minimum Gasteiger partial charge on any atom is -0.508 e. The fourth-order valence-electron chi connectivity index (χ4n) is 2.89. The van der Waals surface area contributed by atoms with Crippen molar-refractivity contribution in [2.45, 2.75) is 38.8 Å². The summed E-state index contributed by atoms with van der Waals surface area (Å²) in [5, 5.41) is 11.5. The molecule has 23 heavy (non-hydrogen) atoms. The van der Waals surface area contributed by atoms with E-state index in [9.17, 15) is 9.90 Å². The van der Waals surface area contributed by atoms with Crippen LogP contribution < -0.4 is 10.4 Å². The van der Waals surface area contributed by atoms with E-state index >= 15 is 0 Å². The van der Waals surface area contributed by atoms with Crippen molar-refractivity contribution in [3.63, 3.8) is 0 Å². The van der Waals surface area contributed by atoms with E-state index in [1.54, 1.807) is 0 Å². The zero-order chi connectivity index (χ0) is 17.1. The van der Waals surface area contributed by atoms with Gasteiger partial charge in [-0.2, -0.15) is 0 Å². The number of carbonyl (C=O) groups excluding carboxylic acids is 1. The predicted octanol–water partition coefficient (Wildman–Crippen LogP) is 2.47. The van der Waals surface area contributed by atoms with Crippen molar-refractivity contribution in [2.75, 3.05) is 0 Å². The molecule has 0 heterocycles. The summed E-state index contributed by atoms with van der Waals surface area (Å²) in [6, 6.07) is 19.8. The molecule has 1 atom stereocenters. The molecule has 0 radical (unpaired) electrons. The Morgan fingerprint density at radius 1 is 0.957 bits per heavy atom. The average Bonchev–Trinajstić information content (AvgIpc) is 2.52. The Morgan fingerprint density at radius 3 is 1.65 bits per heavy atom. The number of rotatable bonds is 4. The highest BCUT2D eigenvalue weighted by atomic mass is 28.4. The minimum atomic E-state index is -2.88. The molecule has 2 aromatic rings. The van der Waals surface area contributed by atoms with E-state index in [0.29, 0.717) is 0 Å². The Balaban J connectivity index is 2.72. The molecule has 0 spiro atoms. The van der Waals surface area contributed by atoms with Crippen LogP contribution in [-0.4, -0.2) is 25.5 Å². The second kappa shape index (κ2) is 6.68. The Labute approximate surface area is 139 Å². The normalized spacial score (nSPS) is 13.4. The van der Waals surface area contributed by atoms with Crippen LogP contribution in [0.5, 0.6) is 0 Å². The monoisotopic (exact) mass is 328 g/mol. The summed E-state index contributed by atoms with van der Waals surface area (Å²) in [4.78, 5) is 12.3. The summed E-state index contributed by atoms with van der Waals surface area (Å²) in [6.07, 6.45) is -1.14. The summed E-state index contributed by atoms with van der Waals surface area (Å²) in [5.74, 6) is -0.570. The van der Waals surface area contributed by atoms with E-state index in [0.717, 1.165) is 10.4 Å². The highest BCUT2D eigenvalue weighted by Crippen LogP contribution is 2.36. The largest absolute Gasteiger partial charge is 0.508 e. The lowest BCUT2D eigenvalue weighted by Gasteiger charge is -2.42. The van der Waals surface area contributed by atoms with Crippen molar-refractivity contribution in [1.29, 1.82) is 0 Å². The average molecular weight is 328 g/mol. The summed E-state index contributed by atoms with van der Waals surface area (Å²) in [6.45, 7) is 7.72. The molecule has 0 fully saturated rings. The summed E-state index contributed by atoms with van der Waals surface area (Å²) >= 11 is 0. The van der Waals surface area contributed by atoms with Crippen molar-refractivity contribution < 1.29 is 14.3 Å². The van der Waals surface area contributed by atoms with Gasteiger partial charge in [0.05, 0.1) is 0 Å². The number of benzene rings is 2. The fraction of sp³-hybridized carbons (Fsp3) is 0.316. The first-order valence-electron chi connectivity index (χ1n) is 7.81.